The molecule has 2 rings (SSSR count). The van der Waals surface area contributed by atoms with Gasteiger partial charge in [0.2, 0.25) is 10.0 Å². The highest BCUT2D eigenvalue weighted by atomic mass is 32.2. The van der Waals surface area contributed by atoms with E-state index in [9.17, 15) is 13.7 Å². The van der Waals surface area contributed by atoms with Crippen LogP contribution in [0, 0.1) is 18.3 Å². The van der Waals surface area contributed by atoms with Gasteiger partial charge in [0.25, 0.3) is 0 Å². The summed E-state index contributed by atoms with van der Waals surface area (Å²) in [5.74, 6) is 0. The predicted molar refractivity (Wildman–Crippen MR) is 90.1 cm³/mol. The Morgan fingerprint density at radius 3 is 2.22 bits per heavy atom. The molecule has 0 saturated carbocycles. The molecule has 1 atom stereocenters. The summed E-state index contributed by atoms with van der Waals surface area (Å²) in [6.07, 6.45) is 1.08. The summed E-state index contributed by atoms with van der Waals surface area (Å²) in [6, 6.07) is 17.8. The molecule has 0 bridgehead atoms. The minimum Gasteiger partial charge on any atom is -0.207 e. The van der Waals surface area contributed by atoms with Crippen LogP contribution in [0.5, 0.6) is 0 Å². The third kappa shape index (κ3) is 3.79. The van der Waals surface area contributed by atoms with Crippen molar-refractivity contribution in [2.45, 2.75) is 37.1 Å². The molecule has 0 amide bonds. The number of nitrogens with zero attached hydrogens (tertiary/aromatic N) is 1. The van der Waals surface area contributed by atoms with Crippen LogP contribution in [0.2, 0.25) is 0 Å². The molecule has 0 aliphatic rings. The van der Waals surface area contributed by atoms with Gasteiger partial charge in [0.05, 0.1) is 11.0 Å². The second kappa shape index (κ2) is 6.95. The van der Waals surface area contributed by atoms with Crippen LogP contribution in [-0.2, 0) is 15.6 Å². The van der Waals surface area contributed by atoms with Gasteiger partial charge in [0, 0.05) is 0 Å². The summed E-state index contributed by atoms with van der Waals surface area (Å²) < 4.78 is 28.0. The third-order valence-corrected chi connectivity index (χ3v) is 5.23. The van der Waals surface area contributed by atoms with Gasteiger partial charge in [-0.1, -0.05) is 61.4 Å². The first kappa shape index (κ1) is 17.2. The van der Waals surface area contributed by atoms with Crippen LogP contribution < -0.4 is 4.72 Å². The fourth-order valence-electron chi connectivity index (χ4n) is 2.50. The van der Waals surface area contributed by atoms with Crippen LogP contribution in [0.3, 0.4) is 0 Å². The average Bonchev–Trinajstić information content (AvgIpc) is 2.55. The lowest BCUT2D eigenvalue weighted by atomic mass is 9.88. The number of nitrogens with one attached hydrogen (secondary N) is 1. The average molecular weight is 328 g/mol. The summed E-state index contributed by atoms with van der Waals surface area (Å²) in [7, 11) is -3.79. The summed E-state index contributed by atoms with van der Waals surface area (Å²) >= 11 is 0. The Morgan fingerprint density at radius 1 is 1.09 bits per heavy atom. The molecule has 0 aliphatic carbocycles. The molecule has 0 spiro atoms. The Morgan fingerprint density at radius 2 is 1.70 bits per heavy atom. The van der Waals surface area contributed by atoms with E-state index in [2.05, 4.69) is 10.8 Å². The van der Waals surface area contributed by atoms with Gasteiger partial charge in [-0.2, -0.15) is 9.98 Å². The van der Waals surface area contributed by atoms with Crippen molar-refractivity contribution in [2.24, 2.45) is 0 Å². The normalized spacial score (nSPS) is 14.0. The highest BCUT2D eigenvalue weighted by Gasteiger charge is 2.36. The SMILES string of the molecule is CCCC(C#N)(NS(=O)(=O)c1ccc(C)cc1)c1ccccc1. The van der Waals surface area contributed by atoms with Crippen molar-refractivity contribution >= 4 is 10.0 Å². The minimum atomic E-state index is -3.79. The van der Waals surface area contributed by atoms with E-state index >= 15 is 0 Å². The monoisotopic (exact) mass is 328 g/mol. The standard InChI is InChI=1S/C18H20N2O2S/c1-3-13-18(14-19,16-7-5-4-6-8-16)20-23(21,22)17-11-9-15(2)10-12-17/h4-12,20H,3,13H2,1-2H3. The van der Waals surface area contributed by atoms with Crippen LogP contribution in [0.15, 0.2) is 59.5 Å². The topological polar surface area (TPSA) is 70.0 Å². The number of hydrogen-bond acceptors (Lipinski definition) is 3. The number of sulfonamides is 1. The zero-order chi connectivity index (χ0) is 16.9. The lowest BCUT2D eigenvalue weighted by Gasteiger charge is -2.28. The van der Waals surface area contributed by atoms with E-state index in [0.29, 0.717) is 18.4 Å². The van der Waals surface area contributed by atoms with Crippen molar-refractivity contribution in [3.8, 4) is 6.07 Å². The van der Waals surface area contributed by atoms with E-state index in [1.54, 1.807) is 48.5 Å². The minimum absolute atomic E-state index is 0.162. The first-order valence-electron chi connectivity index (χ1n) is 7.51. The number of rotatable bonds is 6. The number of hydrogen-bond donors (Lipinski definition) is 1. The second-order valence-corrected chi connectivity index (χ2v) is 7.23. The molecular formula is C18H20N2O2S. The molecule has 2 aromatic rings. The molecule has 2 aromatic carbocycles. The van der Waals surface area contributed by atoms with Gasteiger partial charge < -0.3 is 0 Å². The molecule has 5 heteroatoms. The molecule has 1 unspecified atom stereocenters. The molecule has 0 radical (unpaired) electrons. The smallest absolute Gasteiger partial charge is 0.207 e. The number of nitriles is 1. The van der Waals surface area contributed by atoms with Crippen molar-refractivity contribution in [3.63, 3.8) is 0 Å². The van der Waals surface area contributed by atoms with Crippen LogP contribution in [0.25, 0.3) is 0 Å². The molecule has 0 fully saturated rings. The molecule has 0 saturated heterocycles. The summed E-state index contributed by atoms with van der Waals surface area (Å²) in [5, 5.41) is 9.74. The van der Waals surface area contributed by atoms with Gasteiger partial charge >= 0.3 is 0 Å². The number of aryl methyl sites for hydroxylation is 1. The largest absolute Gasteiger partial charge is 0.242 e. The lowest BCUT2D eigenvalue weighted by molar-refractivity contribution is 0.454. The Labute approximate surface area is 137 Å². The van der Waals surface area contributed by atoms with Crippen molar-refractivity contribution in [1.82, 2.24) is 4.72 Å². The summed E-state index contributed by atoms with van der Waals surface area (Å²) in [4.78, 5) is 0.162. The molecule has 0 heterocycles. The quantitative estimate of drug-likeness (QED) is 0.882. The highest BCUT2D eigenvalue weighted by Crippen LogP contribution is 2.28. The summed E-state index contributed by atoms with van der Waals surface area (Å²) in [6.45, 7) is 3.82. The number of benzene rings is 2. The molecule has 120 valence electrons. The first-order valence-corrected chi connectivity index (χ1v) is 8.99. The maximum absolute atomic E-state index is 12.7. The zero-order valence-corrected chi connectivity index (χ0v) is 14.1. The molecule has 0 aliphatic heterocycles. The fourth-order valence-corrected chi connectivity index (χ4v) is 3.84. The van der Waals surface area contributed by atoms with E-state index in [-0.39, 0.29) is 4.90 Å². The van der Waals surface area contributed by atoms with E-state index in [1.807, 2.05) is 19.9 Å². The van der Waals surface area contributed by atoms with Gasteiger partial charge in [-0.05, 0) is 31.0 Å². The van der Waals surface area contributed by atoms with Crippen molar-refractivity contribution in [3.05, 3.63) is 65.7 Å². The van der Waals surface area contributed by atoms with Gasteiger partial charge in [0.15, 0.2) is 0 Å². The molecular weight excluding hydrogens is 308 g/mol. The second-order valence-electron chi connectivity index (χ2n) is 5.55. The summed E-state index contributed by atoms with van der Waals surface area (Å²) in [5.41, 5.74) is 0.367. The van der Waals surface area contributed by atoms with Crippen LogP contribution in [0.1, 0.15) is 30.9 Å². The van der Waals surface area contributed by atoms with Crippen LogP contribution in [0.4, 0.5) is 0 Å². The van der Waals surface area contributed by atoms with E-state index < -0.39 is 15.6 Å². The Balaban J connectivity index is 2.46. The lowest BCUT2D eigenvalue weighted by Crippen LogP contribution is -2.44. The van der Waals surface area contributed by atoms with Crippen molar-refractivity contribution in [2.75, 3.05) is 0 Å². The van der Waals surface area contributed by atoms with Gasteiger partial charge in [-0.3, -0.25) is 0 Å². The molecule has 23 heavy (non-hydrogen) atoms. The third-order valence-electron chi connectivity index (χ3n) is 3.72. The molecule has 1 N–H and O–H groups in total. The van der Waals surface area contributed by atoms with Gasteiger partial charge in [0.1, 0.15) is 5.54 Å². The maximum atomic E-state index is 12.7. The van der Waals surface area contributed by atoms with Crippen molar-refractivity contribution < 1.29 is 8.42 Å². The fraction of sp³-hybridized carbons (Fsp3) is 0.278. The predicted octanol–water partition coefficient (Wildman–Crippen LogP) is 3.49. The van der Waals surface area contributed by atoms with Crippen molar-refractivity contribution in [1.29, 1.82) is 5.26 Å². The molecule has 4 nitrogen and oxygen atoms in total. The van der Waals surface area contributed by atoms with E-state index in [4.69, 9.17) is 0 Å². The van der Waals surface area contributed by atoms with Crippen LogP contribution >= 0.6 is 0 Å². The van der Waals surface area contributed by atoms with E-state index in [1.165, 1.54) is 0 Å². The van der Waals surface area contributed by atoms with Crippen LogP contribution in [-0.4, -0.2) is 8.42 Å². The highest BCUT2D eigenvalue weighted by molar-refractivity contribution is 7.89. The zero-order valence-electron chi connectivity index (χ0n) is 13.3. The maximum Gasteiger partial charge on any atom is 0.242 e. The van der Waals surface area contributed by atoms with E-state index in [0.717, 1.165) is 5.56 Å². The van der Waals surface area contributed by atoms with Gasteiger partial charge in [-0.25, -0.2) is 8.42 Å². The molecule has 0 aromatic heterocycles. The Hall–Kier alpha value is -2.16. The first-order chi connectivity index (χ1) is 10.9. The Kier molecular flexibility index (Phi) is 5.19. The van der Waals surface area contributed by atoms with Gasteiger partial charge in [-0.15, -0.1) is 0 Å². The Bertz CT molecular complexity index is 793.